The lowest BCUT2D eigenvalue weighted by atomic mass is 10.1. The van der Waals surface area contributed by atoms with Crippen LogP contribution in [0.2, 0.25) is 0 Å². The van der Waals surface area contributed by atoms with Crippen LogP contribution in [0.1, 0.15) is 43.2 Å². The Balaban J connectivity index is 2.29. The molecule has 0 bridgehead atoms. The van der Waals surface area contributed by atoms with E-state index >= 15 is 0 Å². The quantitative estimate of drug-likeness (QED) is 0.867. The van der Waals surface area contributed by atoms with Gasteiger partial charge in [-0.15, -0.1) is 0 Å². The van der Waals surface area contributed by atoms with Gasteiger partial charge in [0.05, 0.1) is 4.90 Å². The Kier molecular flexibility index (Phi) is 5.35. The topological polar surface area (TPSA) is 63.4 Å². The molecule has 21 heavy (non-hydrogen) atoms. The van der Waals surface area contributed by atoms with E-state index in [1.807, 2.05) is 6.92 Å². The van der Waals surface area contributed by atoms with Crippen LogP contribution >= 0.6 is 12.2 Å². The van der Waals surface area contributed by atoms with Gasteiger partial charge in [0.25, 0.3) is 0 Å². The standard InChI is InChI=1S/C15H22N2O2S2/c1-12-11-13(7-8-14(12)15(16)20)21(18,19)17-9-5-3-2-4-6-10-17/h7-8,11H,2-6,9-10H2,1H3,(H2,16,20). The third kappa shape index (κ3) is 3.81. The second-order valence-electron chi connectivity index (χ2n) is 5.51. The van der Waals surface area contributed by atoms with Crippen LogP contribution in [0, 0.1) is 6.92 Å². The number of benzene rings is 1. The molecule has 4 nitrogen and oxygen atoms in total. The molecule has 1 aliphatic rings. The van der Waals surface area contributed by atoms with Gasteiger partial charge in [0.2, 0.25) is 10.0 Å². The third-order valence-electron chi connectivity index (χ3n) is 3.92. The van der Waals surface area contributed by atoms with Crippen molar-refractivity contribution in [2.75, 3.05) is 13.1 Å². The molecule has 2 rings (SSSR count). The number of nitrogens with zero attached hydrogens (tertiary/aromatic N) is 1. The Morgan fingerprint density at radius 3 is 2.24 bits per heavy atom. The highest BCUT2D eigenvalue weighted by molar-refractivity contribution is 7.89. The van der Waals surface area contributed by atoms with Crippen molar-refractivity contribution in [3.63, 3.8) is 0 Å². The fourth-order valence-electron chi connectivity index (χ4n) is 2.68. The highest BCUT2D eigenvalue weighted by Gasteiger charge is 2.25. The minimum atomic E-state index is -3.42. The van der Waals surface area contributed by atoms with E-state index in [-0.39, 0.29) is 0 Å². The number of hydrogen-bond acceptors (Lipinski definition) is 3. The predicted octanol–water partition coefficient (Wildman–Crippen LogP) is 2.58. The molecule has 0 saturated carbocycles. The molecule has 0 atom stereocenters. The molecule has 0 amide bonds. The van der Waals surface area contributed by atoms with Gasteiger partial charge in [-0.25, -0.2) is 8.42 Å². The number of sulfonamides is 1. The van der Waals surface area contributed by atoms with Crippen molar-refractivity contribution >= 4 is 27.2 Å². The van der Waals surface area contributed by atoms with Crippen molar-refractivity contribution in [1.29, 1.82) is 0 Å². The fraction of sp³-hybridized carbons (Fsp3) is 0.533. The van der Waals surface area contributed by atoms with E-state index in [2.05, 4.69) is 0 Å². The van der Waals surface area contributed by atoms with Gasteiger partial charge in [0.15, 0.2) is 0 Å². The molecule has 1 aliphatic heterocycles. The fourth-order valence-corrected chi connectivity index (χ4v) is 4.51. The number of thiocarbonyl (C=S) groups is 1. The normalized spacial score (nSPS) is 18.0. The predicted molar refractivity (Wildman–Crippen MR) is 88.9 cm³/mol. The van der Waals surface area contributed by atoms with Gasteiger partial charge in [-0.1, -0.05) is 37.5 Å². The largest absolute Gasteiger partial charge is 0.389 e. The van der Waals surface area contributed by atoms with Gasteiger partial charge < -0.3 is 5.73 Å². The number of nitrogens with two attached hydrogens (primary N) is 1. The summed E-state index contributed by atoms with van der Waals surface area (Å²) in [6.45, 7) is 3.05. The molecule has 0 aromatic heterocycles. The lowest BCUT2D eigenvalue weighted by molar-refractivity contribution is 0.364. The first-order valence-electron chi connectivity index (χ1n) is 7.33. The van der Waals surface area contributed by atoms with Crippen LogP contribution < -0.4 is 5.73 Å². The molecule has 2 N–H and O–H groups in total. The summed E-state index contributed by atoms with van der Waals surface area (Å²) >= 11 is 4.96. The maximum Gasteiger partial charge on any atom is 0.243 e. The van der Waals surface area contributed by atoms with E-state index in [9.17, 15) is 8.42 Å². The van der Waals surface area contributed by atoms with Crippen molar-refractivity contribution < 1.29 is 8.42 Å². The van der Waals surface area contributed by atoms with E-state index in [0.29, 0.717) is 23.0 Å². The zero-order valence-corrected chi connectivity index (χ0v) is 14.0. The van der Waals surface area contributed by atoms with E-state index in [4.69, 9.17) is 18.0 Å². The van der Waals surface area contributed by atoms with Gasteiger partial charge in [0, 0.05) is 18.7 Å². The Morgan fingerprint density at radius 1 is 1.14 bits per heavy atom. The summed E-state index contributed by atoms with van der Waals surface area (Å²) in [6, 6.07) is 4.98. The van der Waals surface area contributed by atoms with E-state index in [1.54, 1.807) is 22.5 Å². The van der Waals surface area contributed by atoms with Crippen LogP contribution in [0.25, 0.3) is 0 Å². The molecular formula is C15H22N2O2S2. The second kappa shape index (κ2) is 6.85. The Bertz CT molecular complexity index is 619. The first-order chi connectivity index (χ1) is 9.93. The summed E-state index contributed by atoms with van der Waals surface area (Å²) in [5.74, 6) is 0. The SMILES string of the molecule is Cc1cc(S(=O)(=O)N2CCCCCCC2)ccc1C(N)=S. The van der Waals surface area contributed by atoms with E-state index in [0.717, 1.165) is 36.8 Å². The minimum absolute atomic E-state index is 0.294. The smallest absolute Gasteiger partial charge is 0.243 e. The molecule has 1 saturated heterocycles. The Morgan fingerprint density at radius 2 is 1.71 bits per heavy atom. The van der Waals surface area contributed by atoms with E-state index < -0.39 is 10.0 Å². The van der Waals surface area contributed by atoms with Crippen LogP contribution in [0.4, 0.5) is 0 Å². The lowest BCUT2D eigenvalue weighted by Gasteiger charge is -2.24. The highest BCUT2D eigenvalue weighted by Crippen LogP contribution is 2.22. The summed E-state index contributed by atoms with van der Waals surface area (Å²) in [6.07, 6.45) is 5.28. The van der Waals surface area contributed by atoms with Gasteiger partial charge in [-0.2, -0.15) is 4.31 Å². The first kappa shape index (κ1) is 16.4. The van der Waals surface area contributed by atoms with E-state index in [1.165, 1.54) is 6.42 Å². The maximum absolute atomic E-state index is 12.7. The van der Waals surface area contributed by atoms with Crippen molar-refractivity contribution in [1.82, 2.24) is 4.31 Å². The van der Waals surface area contributed by atoms with Crippen molar-refractivity contribution in [2.24, 2.45) is 5.73 Å². The minimum Gasteiger partial charge on any atom is -0.389 e. The Labute approximate surface area is 132 Å². The molecule has 116 valence electrons. The molecular weight excluding hydrogens is 304 g/mol. The molecule has 0 spiro atoms. The van der Waals surface area contributed by atoms with Crippen LogP contribution in [0.5, 0.6) is 0 Å². The summed E-state index contributed by atoms with van der Waals surface area (Å²) in [7, 11) is -3.42. The average Bonchev–Trinajstić information content (AvgIpc) is 2.37. The lowest BCUT2D eigenvalue weighted by Crippen LogP contribution is -2.34. The van der Waals surface area contributed by atoms with Crippen LogP contribution in [-0.4, -0.2) is 30.8 Å². The first-order valence-corrected chi connectivity index (χ1v) is 9.18. The summed E-state index contributed by atoms with van der Waals surface area (Å²) in [5.41, 5.74) is 7.16. The molecule has 1 fully saturated rings. The average molecular weight is 326 g/mol. The number of aryl methyl sites for hydroxylation is 1. The summed E-state index contributed by atoms with van der Waals surface area (Å²) in [4.78, 5) is 0.628. The van der Waals surface area contributed by atoms with Crippen molar-refractivity contribution in [2.45, 2.75) is 43.9 Å². The molecule has 0 unspecified atom stereocenters. The summed E-state index contributed by atoms with van der Waals surface area (Å²) < 4.78 is 27.1. The highest BCUT2D eigenvalue weighted by atomic mass is 32.2. The van der Waals surface area contributed by atoms with Crippen molar-refractivity contribution in [3.05, 3.63) is 29.3 Å². The van der Waals surface area contributed by atoms with Gasteiger partial charge in [-0.05, 0) is 37.5 Å². The van der Waals surface area contributed by atoms with Gasteiger partial charge >= 0.3 is 0 Å². The molecule has 1 aromatic rings. The maximum atomic E-state index is 12.7. The third-order valence-corrected chi connectivity index (χ3v) is 6.03. The van der Waals surface area contributed by atoms with Crippen LogP contribution in [-0.2, 0) is 10.0 Å². The second-order valence-corrected chi connectivity index (χ2v) is 7.89. The van der Waals surface area contributed by atoms with Crippen LogP contribution in [0.3, 0.4) is 0 Å². The van der Waals surface area contributed by atoms with Crippen molar-refractivity contribution in [3.8, 4) is 0 Å². The van der Waals surface area contributed by atoms with Gasteiger partial charge in [0.1, 0.15) is 4.99 Å². The zero-order chi connectivity index (χ0) is 15.5. The summed E-state index contributed by atoms with van der Waals surface area (Å²) in [5, 5.41) is 0. The van der Waals surface area contributed by atoms with Gasteiger partial charge in [-0.3, -0.25) is 0 Å². The molecule has 1 aromatic carbocycles. The Hall–Kier alpha value is -0.980. The molecule has 1 heterocycles. The number of hydrogen-bond donors (Lipinski definition) is 1. The zero-order valence-electron chi connectivity index (χ0n) is 12.3. The number of rotatable bonds is 3. The molecule has 0 aliphatic carbocycles. The molecule has 0 radical (unpaired) electrons. The molecule has 6 heteroatoms. The van der Waals surface area contributed by atoms with Crippen LogP contribution in [0.15, 0.2) is 23.1 Å². The monoisotopic (exact) mass is 326 g/mol.